The lowest BCUT2D eigenvalue weighted by Crippen LogP contribution is -1.97. The first kappa shape index (κ1) is 13.9. The summed E-state index contributed by atoms with van der Waals surface area (Å²) in [6.07, 6.45) is 9.01. The average Bonchev–Trinajstić information content (AvgIpc) is 3.02. The van der Waals surface area contributed by atoms with E-state index in [4.69, 9.17) is 4.98 Å². The Bertz CT molecular complexity index is 1240. The van der Waals surface area contributed by atoms with Crippen LogP contribution in [-0.4, -0.2) is 24.9 Å². The van der Waals surface area contributed by atoms with Crippen LogP contribution in [0.4, 0.5) is 11.5 Å². The first-order valence-corrected chi connectivity index (χ1v) is 7.98. The number of pyridine rings is 4. The van der Waals surface area contributed by atoms with Crippen LogP contribution in [0.1, 0.15) is 5.69 Å². The SMILES string of the molecule is Cc1cc(Nc2nc3cnccc3c3c2[nH]c2cnccc23)ccn1. The molecule has 0 saturated heterocycles. The fourth-order valence-electron chi connectivity index (χ4n) is 3.21. The number of aromatic nitrogens is 5. The number of anilines is 2. The van der Waals surface area contributed by atoms with Crippen LogP contribution < -0.4 is 5.32 Å². The van der Waals surface area contributed by atoms with E-state index < -0.39 is 0 Å². The summed E-state index contributed by atoms with van der Waals surface area (Å²) >= 11 is 0. The van der Waals surface area contributed by atoms with Crippen molar-refractivity contribution in [2.75, 3.05) is 5.32 Å². The molecule has 0 amide bonds. The molecule has 0 aliphatic rings. The lowest BCUT2D eigenvalue weighted by atomic mass is 10.1. The summed E-state index contributed by atoms with van der Waals surface area (Å²) in [7, 11) is 0. The van der Waals surface area contributed by atoms with Gasteiger partial charge in [-0.05, 0) is 31.2 Å². The van der Waals surface area contributed by atoms with E-state index >= 15 is 0 Å². The molecule has 0 atom stereocenters. The number of aromatic amines is 1. The van der Waals surface area contributed by atoms with E-state index in [1.165, 1.54) is 0 Å². The summed E-state index contributed by atoms with van der Waals surface area (Å²) in [5.41, 5.74) is 4.68. The topological polar surface area (TPSA) is 79.4 Å². The largest absolute Gasteiger partial charge is 0.350 e. The van der Waals surface area contributed by atoms with Gasteiger partial charge < -0.3 is 10.3 Å². The van der Waals surface area contributed by atoms with Gasteiger partial charge in [-0.1, -0.05) is 0 Å². The Morgan fingerprint density at radius 1 is 0.960 bits per heavy atom. The van der Waals surface area contributed by atoms with Crippen molar-refractivity contribution < 1.29 is 0 Å². The lowest BCUT2D eigenvalue weighted by molar-refractivity contribution is 1.20. The molecule has 6 nitrogen and oxygen atoms in total. The molecule has 5 aromatic heterocycles. The van der Waals surface area contributed by atoms with Gasteiger partial charge in [0.2, 0.25) is 0 Å². The highest BCUT2D eigenvalue weighted by Gasteiger charge is 2.14. The van der Waals surface area contributed by atoms with Crippen LogP contribution in [0.5, 0.6) is 0 Å². The van der Waals surface area contributed by atoms with E-state index in [9.17, 15) is 0 Å². The highest BCUT2D eigenvalue weighted by molar-refractivity contribution is 6.21. The fourth-order valence-corrected chi connectivity index (χ4v) is 3.21. The smallest absolute Gasteiger partial charge is 0.155 e. The number of fused-ring (bicyclic) bond motifs is 5. The minimum Gasteiger partial charge on any atom is -0.350 e. The minimum atomic E-state index is 0.761. The molecule has 2 N–H and O–H groups in total. The van der Waals surface area contributed by atoms with E-state index in [1.807, 2.05) is 43.6 Å². The zero-order valence-electron chi connectivity index (χ0n) is 13.5. The number of rotatable bonds is 2. The molecular weight excluding hydrogens is 312 g/mol. The summed E-state index contributed by atoms with van der Waals surface area (Å²) in [5, 5.41) is 6.72. The molecule has 5 rings (SSSR count). The molecule has 0 saturated carbocycles. The quantitative estimate of drug-likeness (QED) is 0.510. The Morgan fingerprint density at radius 2 is 1.80 bits per heavy atom. The van der Waals surface area contributed by atoms with Crippen molar-refractivity contribution in [3.05, 3.63) is 60.9 Å². The van der Waals surface area contributed by atoms with Gasteiger partial charge in [-0.3, -0.25) is 15.0 Å². The molecule has 5 aromatic rings. The lowest BCUT2D eigenvalue weighted by Gasteiger charge is -2.09. The Kier molecular flexibility index (Phi) is 2.90. The Labute approximate surface area is 143 Å². The van der Waals surface area contributed by atoms with Crippen LogP contribution >= 0.6 is 0 Å². The average molecular weight is 326 g/mol. The molecule has 0 aromatic carbocycles. The molecule has 25 heavy (non-hydrogen) atoms. The third-order valence-electron chi connectivity index (χ3n) is 4.30. The van der Waals surface area contributed by atoms with E-state index in [2.05, 4.69) is 25.3 Å². The van der Waals surface area contributed by atoms with Crippen molar-refractivity contribution in [3.63, 3.8) is 0 Å². The third-order valence-corrected chi connectivity index (χ3v) is 4.30. The summed E-state index contributed by atoms with van der Waals surface area (Å²) in [4.78, 5) is 20.9. The highest BCUT2D eigenvalue weighted by Crippen LogP contribution is 2.35. The molecule has 0 radical (unpaired) electrons. The summed E-state index contributed by atoms with van der Waals surface area (Å²) in [5.74, 6) is 0.761. The minimum absolute atomic E-state index is 0.761. The van der Waals surface area contributed by atoms with E-state index in [1.54, 1.807) is 18.6 Å². The monoisotopic (exact) mass is 326 g/mol. The van der Waals surface area contributed by atoms with Gasteiger partial charge in [0.15, 0.2) is 5.82 Å². The van der Waals surface area contributed by atoms with Crippen LogP contribution in [0.25, 0.3) is 32.7 Å². The van der Waals surface area contributed by atoms with Crippen molar-refractivity contribution >= 4 is 44.2 Å². The number of aryl methyl sites for hydroxylation is 1. The third kappa shape index (κ3) is 2.19. The molecule has 5 heterocycles. The van der Waals surface area contributed by atoms with E-state index in [-0.39, 0.29) is 0 Å². The van der Waals surface area contributed by atoms with Crippen LogP contribution in [0.2, 0.25) is 0 Å². The number of hydrogen-bond donors (Lipinski definition) is 2. The molecule has 0 unspecified atom stereocenters. The Hall–Kier alpha value is -3.54. The molecular formula is C19H14N6. The molecule has 0 fully saturated rings. The highest BCUT2D eigenvalue weighted by atomic mass is 15.0. The zero-order valence-corrected chi connectivity index (χ0v) is 13.5. The van der Waals surface area contributed by atoms with Gasteiger partial charge in [0.05, 0.1) is 28.9 Å². The summed E-state index contributed by atoms with van der Waals surface area (Å²) in [6.45, 7) is 1.97. The number of hydrogen-bond acceptors (Lipinski definition) is 5. The van der Waals surface area contributed by atoms with Crippen molar-refractivity contribution in [3.8, 4) is 0 Å². The van der Waals surface area contributed by atoms with Gasteiger partial charge in [-0.15, -0.1) is 0 Å². The van der Waals surface area contributed by atoms with Gasteiger partial charge in [0.1, 0.15) is 0 Å². The van der Waals surface area contributed by atoms with Crippen LogP contribution in [0.15, 0.2) is 55.2 Å². The number of nitrogens with zero attached hydrogens (tertiary/aromatic N) is 4. The second kappa shape index (κ2) is 5.24. The van der Waals surface area contributed by atoms with Gasteiger partial charge in [-0.25, -0.2) is 4.98 Å². The van der Waals surface area contributed by atoms with Crippen molar-refractivity contribution in [2.24, 2.45) is 0 Å². The maximum Gasteiger partial charge on any atom is 0.155 e. The van der Waals surface area contributed by atoms with Crippen LogP contribution in [0.3, 0.4) is 0 Å². The van der Waals surface area contributed by atoms with Gasteiger partial charge in [0.25, 0.3) is 0 Å². The second-order valence-electron chi connectivity index (χ2n) is 5.96. The first-order chi connectivity index (χ1) is 12.3. The molecule has 0 aliphatic carbocycles. The molecule has 0 spiro atoms. The van der Waals surface area contributed by atoms with Crippen molar-refractivity contribution in [1.29, 1.82) is 0 Å². The molecule has 0 bridgehead atoms. The molecule has 0 aliphatic heterocycles. The summed E-state index contributed by atoms with van der Waals surface area (Å²) < 4.78 is 0. The summed E-state index contributed by atoms with van der Waals surface area (Å²) in [6, 6.07) is 7.94. The van der Waals surface area contributed by atoms with E-state index in [0.29, 0.717) is 0 Å². The van der Waals surface area contributed by atoms with Gasteiger partial charge >= 0.3 is 0 Å². The van der Waals surface area contributed by atoms with Crippen molar-refractivity contribution in [2.45, 2.75) is 6.92 Å². The van der Waals surface area contributed by atoms with E-state index in [0.717, 1.165) is 49.9 Å². The van der Waals surface area contributed by atoms with Gasteiger partial charge in [-0.2, -0.15) is 0 Å². The maximum atomic E-state index is 4.78. The number of nitrogens with one attached hydrogen (secondary N) is 2. The van der Waals surface area contributed by atoms with Crippen molar-refractivity contribution in [1.82, 2.24) is 24.9 Å². The fraction of sp³-hybridized carbons (Fsp3) is 0.0526. The van der Waals surface area contributed by atoms with Crippen LogP contribution in [0, 0.1) is 6.92 Å². The second-order valence-corrected chi connectivity index (χ2v) is 5.96. The van der Waals surface area contributed by atoms with Crippen LogP contribution in [-0.2, 0) is 0 Å². The molecule has 120 valence electrons. The predicted octanol–water partition coefficient (Wildman–Crippen LogP) is 4.11. The molecule has 6 heteroatoms. The normalized spacial score (nSPS) is 11.4. The Balaban J connectivity index is 1.85. The zero-order chi connectivity index (χ0) is 16.8. The predicted molar refractivity (Wildman–Crippen MR) is 99.0 cm³/mol. The first-order valence-electron chi connectivity index (χ1n) is 7.98. The maximum absolute atomic E-state index is 4.78. The standard InChI is InChI=1S/C19H14N6/c1-11-8-12(2-7-22-11)23-19-18-17(13-3-5-20-9-15(13)24-18)14-4-6-21-10-16(14)25-19/h2-10,24H,1H3,(H,22,23,25). The number of H-pyrrole nitrogens is 1. The van der Waals surface area contributed by atoms with Gasteiger partial charge in [0, 0.05) is 46.1 Å². The Morgan fingerprint density at radius 3 is 2.68 bits per heavy atom.